The van der Waals surface area contributed by atoms with Crippen LogP contribution in [-0.4, -0.2) is 11.1 Å². The third kappa shape index (κ3) is 7.06. The van der Waals surface area contributed by atoms with Crippen LogP contribution in [0.25, 0.3) is 0 Å². The summed E-state index contributed by atoms with van der Waals surface area (Å²) in [5.41, 5.74) is 1.07. The fraction of sp³-hybridized carbons (Fsp3) is 0.500. The lowest BCUT2D eigenvalue weighted by Crippen LogP contribution is -1.93. The van der Waals surface area contributed by atoms with Crippen molar-refractivity contribution in [2.45, 2.75) is 32.6 Å². The van der Waals surface area contributed by atoms with Gasteiger partial charge in [0, 0.05) is 6.42 Å². The van der Waals surface area contributed by atoms with Gasteiger partial charge in [-0.05, 0) is 26.2 Å². The number of carbonyl (C=O) groups is 1. The van der Waals surface area contributed by atoms with Gasteiger partial charge in [0.15, 0.2) is 0 Å². The summed E-state index contributed by atoms with van der Waals surface area (Å²) in [7, 11) is 0. The number of aliphatic carboxylic acids is 1. The quantitative estimate of drug-likeness (QED) is 0.489. The smallest absolute Gasteiger partial charge is 0.303 e. The minimum Gasteiger partial charge on any atom is -0.481 e. The van der Waals surface area contributed by atoms with Crippen LogP contribution in [0.3, 0.4) is 0 Å². The van der Waals surface area contributed by atoms with Crippen molar-refractivity contribution < 1.29 is 9.90 Å². The molecule has 0 aliphatic rings. The molecule has 0 rings (SSSR count). The lowest BCUT2D eigenvalue weighted by Gasteiger charge is -1.97. The zero-order chi connectivity index (χ0) is 9.40. The lowest BCUT2D eigenvalue weighted by molar-refractivity contribution is -0.137. The summed E-state index contributed by atoms with van der Waals surface area (Å²) in [5.74, 6) is -0.716. The number of allylic oxidation sites excluding steroid dienone is 3. The molecule has 0 radical (unpaired) electrons. The van der Waals surface area contributed by atoms with E-state index in [9.17, 15) is 4.79 Å². The average Bonchev–Trinajstić information content (AvgIpc) is 1.98. The largest absolute Gasteiger partial charge is 0.481 e. The minimum atomic E-state index is -0.716. The van der Waals surface area contributed by atoms with Crippen LogP contribution in [0.4, 0.5) is 0 Å². The molecule has 0 saturated carbocycles. The Labute approximate surface area is 73.6 Å². The first-order valence-electron chi connectivity index (χ1n) is 4.19. The Bertz CT molecular complexity index is 180. The van der Waals surface area contributed by atoms with Crippen molar-refractivity contribution in [3.05, 3.63) is 24.3 Å². The van der Waals surface area contributed by atoms with Gasteiger partial charge in [0.25, 0.3) is 0 Å². The van der Waals surface area contributed by atoms with Crippen molar-refractivity contribution in [1.82, 2.24) is 0 Å². The number of carboxylic acids is 1. The van der Waals surface area contributed by atoms with E-state index in [1.165, 1.54) is 0 Å². The highest BCUT2D eigenvalue weighted by Crippen LogP contribution is 2.07. The summed E-state index contributed by atoms with van der Waals surface area (Å²) in [5, 5.41) is 8.35. The molecule has 68 valence electrons. The fourth-order valence-corrected chi connectivity index (χ4v) is 0.947. The molecule has 0 heterocycles. The Hall–Kier alpha value is -1.05. The van der Waals surface area contributed by atoms with Gasteiger partial charge in [0.2, 0.25) is 0 Å². The maximum absolute atomic E-state index is 10.1. The number of rotatable bonds is 6. The van der Waals surface area contributed by atoms with Crippen molar-refractivity contribution in [1.29, 1.82) is 0 Å². The highest BCUT2D eigenvalue weighted by molar-refractivity contribution is 5.66. The Balaban J connectivity index is 3.31. The summed E-state index contributed by atoms with van der Waals surface area (Å²) in [4.78, 5) is 10.1. The normalized spacial score (nSPS) is 10.4. The van der Waals surface area contributed by atoms with Gasteiger partial charge in [-0.2, -0.15) is 0 Å². The van der Waals surface area contributed by atoms with E-state index >= 15 is 0 Å². The average molecular weight is 168 g/mol. The highest BCUT2D eigenvalue weighted by Gasteiger charge is 1.96. The van der Waals surface area contributed by atoms with Gasteiger partial charge < -0.3 is 5.11 Å². The Morgan fingerprint density at radius 3 is 2.50 bits per heavy atom. The molecule has 0 amide bonds. The second-order valence-corrected chi connectivity index (χ2v) is 2.76. The van der Waals surface area contributed by atoms with E-state index < -0.39 is 5.97 Å². The topological polar surface area (TPSA) is 37.3 Å². The van der Waals surface area contributed by atoms with Crippen LogP contribution < -0.4 is 0 Å². The zero-order valence-electron chi connectivity index (χ0n) is 7.55. The molecule has 0 bridgehead atoms. The monoisotopic (exact) mass is 168 g/mol. The zero-order valence-corrected chi connectivity index (χ0v) is 7.55. The first-order valence-corrected chi connectivity index (χ1v) is 4.19. The molecule has 0 spiro atoms. The molecule has 12 heavy (non-hydrogen) atoms. The summed E-state index contributed by atoms with van der Waals surface area (Å²) in [6.07, 6.45) is 6.72. The van der Waals surface area contributed by atoms with Crippen LogP contribution in [0.1, 0.15) is 32.6 Å². The molecule has 0 aromatic carbocycles. The molecule has 1 N–H and O–H groups in total. The fourth-order valence-electron chi connectivity index (χ4n) is 0.947. The predicted molar refractivity (Wildman–Crippen MR) is 50.1 cm³/mol. The van der Waals surface area contributed by atoms with E-state index in [0.717, 1.165) is 24.8 Å². The van der Waals surface area contributed by atoms with Crippen LogP contribution in [0.2, 0.25) is 0 Å². The molecule has 0 atom stereocenters. The third-order valence-corrected chi connectivity index (χ3v) is 1.54. The first-order chi connectivity index (χ1) is 5.66. The molecule has 0 aliphatic heterocycles. The molecule has 0 fully saturated rings. The second-order valence-electron chi connectivity index (χ2n) is 2.76. The van der Waals surface area contributed by atoms with Gasteiger partial charge in [0.1, 0.15) is 0 Å². The van der Waals surface area contributed by atoms with E-state index in [-0.39, 0.29) is 6.42 Å². The van der Waals surface area contributed by atoms with E-state index in [2.05, 4.69) is 6.58 Å². The second kappa shape index (κ2) is 6.65. The molecule has 2 heteroatoms. The van der Waals surface area contributed by atoms with Crippen LogP contribution in [-0.2, 0) is 4.79 Å². The van der Waals surface area contributed by atoms with Crippen molar-refractivity contribution in [2.75, 3.05) is 0 Å². The van der Waals surface area contributed by atoms with Crippen molar-refractivity contribution in [3.63, 3.8) is 0 Å². The predicted octanol–water partition coefficient (Wildman–Crippen LogP) is 2.76. The molecular weight excluding hydrogens is 152 g/mol. The van der Waals surface area contributed by atoms with E-state index in [4.69, 9.17) is 5.11 Å². The molecule has 0 aromatic heterocycles. The van der Waals surface area contributed by atoms with Gasteiger partial charge in [-0.1, -0.05) is 24.3 Å². The molecule has 0 aromatic rings. The van der Waals surface area contributed by atoms with Gasteiger partial charge in [-0.3, -0.25) is 4.79 Å². The Morgan fingerprint density at radius 2 is 2.00 bits per heavy atom. The van der Waals surface area contributed by atoms with E-state index in [1.54, 1.807) is 0 Å². The van der Waals surface area contributed by atoms with Crippen LogP contribution in [0.5, 0.6) is 0 Å². The van der Waals surface area contributed by atoms with Crippen molar-refractivity contribution in [2.24, 2.45) is 0 Å². The van der Waals surface area contributed by atoms with Gasteiger partial charge in [-0.15, -0.1) is 0 Å². The molecular formula is C10H16O2. The van der Waals surface area contributed by atoms with Crippen LogP contribution in [0.15, 0.2) is 24.3 Å². The number of hydrogen-bond donors (Lipinski definition) is 1. The summed E-state index contributed by atoms with van der Waals surface area (Å²) >= 11 is 0. The van der Waals surface area contributed by atoms with Gasteiger partial charge >= 0.3 is 5.97 Å². The standard InChI is InChI=1S/C10H16O2/c1-3-6-9(2)7-4-5-8-10(11)12/h3,6H,2,4-5,7-8H2,1H3,(H,11,12). The minimum absolute atomic E-state index is 0.267. The van der Waals surface area contributed by atoms with Crippen LogP contribution in [0, 0.1) is 0 Å². The Kier molecular flexibility index (Phi) is 6.07. The molecule has 0 unspecified atom stereocenters. The van der Waals surface area contributed by atoms with Crippen molar-refractivity contribution in [3.8, 4) is 0 Å². The number of carboxylic acid groups (broad SMARTS) is 1. The van der Waals surface area contributed by atoms with Gasteiger partial charge in [-0.25, -0.2) is 0 Å². The van der Waals surface area contributed by atoms with E-state index in [0.29, 0.717) is 0 Å². The maximum atomic E-state index is 10.1. The molecule has 0 saturated heterocycles. The van der Waals surface area contributed by atoms with Gasteiger partial charge in [0.05, 0.1) is 0 Å². The number of hydrogen-bond acceptors (Lipinski definition) is 1. The molecule has 2 nitrogen and oxygen atoms in total. The Morgan fingerprint density at radius 1 is 1.42 bits per heavy atom. The lowest BCUT2D eigenvalue weighted by atomic mass is 10.1. The summed E-state index contributed by atoms with van der Waals surface area (Å²) in [6, 6.07) is 0. The van der Waals surface area contributed by atoms with Crippen LogP contribution >= 0.6 is 0 Å². The first kappa shape index (κ1) is 11.0. The SMILES string of the molecule is C=C(C=CC)CCCCC(=O)O. The summed E-state index contributed by atoms with van der Waals surface area (Å²) < 4.78 is 0. The highest BCUT2D eigenvalue weighted by atomic mass is 16.4. The third-order valence-electron chi connectivity index (χ3n) is 1.54. The van der Waals surface area contributed by atoms with Crippen molar-refractivity contribution >= 4 is 5.97 Å². The summed E-state index contributed by atoms with van der Waals surface area (Å²) in [6.45, 7) is 5.77. The molecule has 0 aliphatic carbocycles. The maximum Gasteiger partial charge on any atom is 0.303 e. The number of unbranched alkanes of at least 4 members (excludes halogenated alkanes) is 1. The van der Waals surface area contributed by atoms with E-state index in [1.807, 2.05) is 19.1 Å².